The van der Waals surface area contributed by atoms with Gasteiger partial charge in [0.1, 0.15) is 0 Å². The molecule has 0 bridgehead atoms. The molecule has 7 nitrogen and oxygen atoms in total. The Bertz CT molecular complexity index is 1040. The Balaban J connectivity index is 2.01. The van der Waals surface area contributed by atoms with Crippen molar-refractivity contribution in [3.63, 3.8) is 0 Å². The number of hydrogen-bond donors (Lipinski definition) is 2. The van der Waals surface area contributed by atoms with Gasteiger partial charge in [-0.15, -0.1) is 0 Å². The van der Waals surface area contributed by atoms with Crippen molar-refractivity contribution in [3.8, 4) is 0 Å². The quantitative estimate of drug-likeness (QED) is 0.600. The van der Waals surface area contributed by atoms with Crippen molar-refractivity contribution >= 4 is 11.9 Å². The number of rotatable bonds is 7. The van der Waals surface area contributed by atoms with Gasteiger partial charge >= 0.3 is 11.9 Å². The molecule has 3 aromatic rings. The van der Waals surface area contributed by atoms with Crippen LogP contribution in [0.4, 0.5) is 0 Å². The molecule has 29 heavy (non-hydrogen) atoms. The maximum atomic E-state index is 12.6. The number of methoxy groups -OCH3 is 2. The summed E-state index contributed by atoms with van der Waals surface area (Å²) in [6.45, 7) is 0. The molecule has 0 saturated heterocycles. The summed E-state index contributed by atoms with van der Waals surface area (Å²) >= 11 is 0. The van der Waals surface area contributed by atoms with Crippen molar-refractivity contribution in [2.24, 2.45) is 0 Å². The Morgan fingerprint density at radius 3 is 2.24 bits per heavy atom. The smallest absolute Gasteiger partial charge is 0.337 e. The zero-order chi connectivity index (χ0) is 20.8. The van der Waals surface area contributed by atoms with Gasteiger partial charge in [0.25, 0.3) is 5.56 Å². The first-order valence-electron chi connectivity index (χ1n) is 9.12. The zero-order valence-electron chi connectivity index (χ0n) is 16.2. The van der Waals surface area contributed by atoms with E-state index in [2.05, 4.69) is 10.2 Å². The largest absolute Gasteiger partial charge is 0.469 e. The predicted octanol–water partition coefficient (Wildman–Crippen LogP) is 2.78. The van der Waals surface area contributed by atoms with E-state index in [9.17, 15) is 14.4 Å². The average molecular weight is 394 g/mol. The monoisotopic (exact) mass is 394 g/mol. The fraction of sp³-hybridized carbons (Fsp3) is 0.227. The number of aromatic nitrogens is 2. The van der Waals surface area contributed by atoms with Crippen LogP contribution in [0.2, 0.25) is 0 Å². The van der Waals surface area contributed by atoms with Gasteiger partial charge in [0, 0.05) is 23.6 Å². The average Bonchev–Trinajstić information content (AvgIpc) is 3.11. The van der Waals surface area contributed by atoms with Gasteiger partial charge in [-0.25, -0.2) is 4.79 Å². The third kappa shape index (κ3) is 4.63. The van der Waals surface area contributed by atoms with E-state index in [1.54, 1.807) is 24.3 Å². The van der Waals surface area contributed by atoms with Crippen LogP contribution in [-0.4, -0.2) is 36.4 Å². The number of nitrogens with one attached hydrogen (secondary N) is 2. The normalized spacial score (nSPS) is 11.7. The van der Waals surface area contributed by atoms with Crippen molar-refractivity contribution in [1.82, 2.24) is 10.2 Å². The number of ether oxygens (including phenoxy) is 2. The lowest BCUT2D eigenvalue weighted by Gasteiger charge is -2.17. The molecule has 2 N–H and O–H groups in total. The summed E-state index contributed by atoms with van der Waals surface area (Å²) in [7, 11) is 2.62. The summed E-state index contributed by atoms with van der Waals surface area (Å²) in [6.07, 6.45) is 0.504. The third-order valence-electron chi connectivity index (χ3n) is 4.80. The molecule has 0 aliphatic heterocycles. The van der Waals surface area contributed by atoms with Crippen molar-refractivity contribution < 1.29 is 19.1 Å². The fourth-order valence-corrected chi connectivity index (χ4v) is 3.32. The van der Waals surface area contributed by atoms with E-state index < -0.39 is 17.9 Å². The molecular weight excluding hydrogens is 372 g/mol. The number of aromatic amines is 2. The second-order valence-electron chi connectivity index (χ2n) is 6.58. The van der Waals surface area contributed by atoms with Gasteiger partial charge in [0.2, 0.25) is 0 Å². The Hall–Kier alpha value is -3.61. The molecule has 150 valence electrons. The van der Waals surface area contributed by atoms with Gasteiger partial charge < -0.3 is 14.6 Å². The van der Waals surface area contributed by atoms with Crippen LogP contribution in [0.5, 0.6) is 0 Å². The molecule has 0 radical (unpaired) electrons. The molecule has 0 spiro atoms. The molecule has 1 unspecified atom stereocenters. The highest BCUT2D eigenvalue weighted by molar-refractivity contribution is 5.89. The minimum Gasteiger partial charge on any atom is -0.469 e. The topological polar surface area (TPSA) is 101 Å². The summed E-state index contributed by atoms with van der Waals surface area (Å²) < 4.78 is 9.56. The van der Waals surface area contributed by atoms with Gasteiger partial charge in [-0.05, 0) is 23.3 Å². The second kappa shape index (κ2) is 9.05. The van der Waals surface area contributed by atoms with E-state index in [-0.39, 0.29) is 12.0 Å². The summed E-state index contributed by atoms with van der Waals surface area (Å²) in [5.41, 5.74) is 3.03. The van der Waals surface area contributed by atoms with Crippen molar-refractivity contribution in [2.45, 2.75) is 18.8 Å². The maximum Gasteiger partial charge on any atom is 0.337 e. The second-order valence-corrected chi connectivity index (χ2v) is 6.58. The van der Waals surface area contributed by atoms with Crippen molar-refractivity contribution in [1.29, 1.82) is 0 Å². The molecule has 1 atom stereocenters. The van der Waals surface area contributed by atoms with E-state index >= 15 is 0 Å². The summed E-state index contributed by atoms with van der Waals surface area (Å²) in [5.74, 6) is -1.41. The first-order chi connectivity index (χ1) is 14.0. The van der Waals surface area contributed by atoms with Crippen LogP contribution < -0.4 is 5.56 Å². The first kappa shape index (κ1) is 20.1. The van der Waals surface area contributed by atoms with Gasteiger partial charge in [0.05, 0.1) is 26.2 Å². The van der Waals surface area contributed by atoms with Crippen LogP contribution >= 0.6 is 0 Å². The van der Waals surface area contributed by atoms with Crippen LogP contribution in [0, 0.1) is 0 Å². The van der Waals surface area contributed by atoms with Gasteiger partial charge in [-0.2, -0.15) is 0 Å². The highest BCUT2D eigenvalue weighted by Crippen LogP contribution is 2.29. The molecule has 0 saturated carbocycles. The fourth-order valence-electron chi connectivity index (χ4n) is 3.32. The van der Waals surface area contributed by atoms with Crippen LogP contribution in [0.1, 0.15) is 45.1 Å². The molecule has 0 fully saturated rings. The molecule has 2 aromatic carbocycles. The molecular formula is C22H22N2O5. The summed E-state index contributed by atoms with van der Waals surface area (Å²) in [6, 6.07) is 16.4. The SMILES string of the molecule is COC(=O)CC(c1ccc(C(=O)OC)cc1)c1c(Cc2ccccc2)[nH][nH]c1=O. The Kier molecular flexibility index (Phi) is 6.29. The Labute approximate surface area is 167 Å². The number of carbonyl (C=O) groups excluding carboxylic acids is 2. The van der Waals surface area contributed by atoms with Gasteiger partial charge in [-0.1, -0.05) is 42.5 Å². The molecule has 1 heterocycles. The number of carbonyl (C=O) groups is 2. The van der Waals surface area contributed by atoms with E-state index in [4.69, 9.17) is 9.47 Å². The zero-order valence-corrected chi connectivity index (χ0v) is 16.2. The molecule has 0 amide bonds. The van der Waals surface area contributed by atoms with Crippen molar-refractivity contribution in [2.75, 3.05) is 14.2 Å². The first-order valence-corrected chi connectivity index (χ1v) is 9.12. The summed E-state index contributed by atoms with van der Waals surface area (Å²) in [4.78, 5) is 36.4. The van der Waals surface area contributed by atoms with Crippen LogP contribution in [0.25, 0.3) is 0 Å². The van der Waals surface area contributed by atoms with E-state index in [0.29, 0.717) is 23.2 Å². The lowest BCUT2D eigenvalue weighted by molar-refractivity contribution is -0.140. The van der Waals surface area contributed by atoms with E-state index in [1.807, 2.05) is 30.3 Å². The summed E-state index contributed by atoms with van der Waals surface area (Å²) in [5, 5.41) is 5.57. The van der Waals surface area contributed by atoms with Gasteiger partial charge in [0.15, 0.2) is 0 Å². The maximum absolute atomic E-state index is 12.6. The van der Waals surface area contributed by atoms with Gasteiger partial charge in [-0.3, -0.25) is 14.7 Å². The highest BCUT2D eigenvalue weighted by atomic mass is 16.5. The predicted molar refractivity (Wildman–Crippen MR) is 107 cm³/mol. The lowest BCUT2D eigenvalue weighted by Crippen LogP contribution is -2.18. The molecule has 3 rings (SSSR count). The Morgan fingerprint density at radius 2 is 1.62 bits per heavy atom. The van der Waals surface area contributed by atoms with Crippen LogP contribution in [-0.2, 0) is 20.7 Å². The number of hydrogen-bond acceptors (Lipinski definition) is 5. The van der Waals surface area contributed by atoms with Crippen LogP contribution in [0.15, 0.2) is 59.4 Å². The van der Waals surface area contributed by atoms with Crippen LogP contribution in [0.3, 0.4) is 0 Å². The molecule has 1 aromatic heterocycles. The number of H-pyrrole nitrogens is 2. The number of benzene rings is 2. The molecule has 7 heteroatoms. The van der Waals surface area contributed by atoms with Crippen molar-refractivity contribution in [3.05, 3.63) is 92.9 Å². The van der Waals surface area contributed by atoms with E-state index in [0.717, 1.165) is 11.1 Å². The minimum atomic E-state index is -0.525. The highest BCUT2D eigenvalue weighted by Gasteiger charge is 2.26. The minimum absolute atomic E-state index is 0.00318. The number of esters is 2. The lowest BCUT2D eigenvalue weighted by atomic mass is 9.87. The standard InChI is InChI=1S/C22H22N2O5/c1-28-19(25)13-17(15-8-10-16(11-9-15)22(27)29-2)20-18(23-24-21(20)26)12-14-6-4-3-5-7-14/h3-11,17H,12-13H2,1-2H3,(H2,23,24,26). The Morgan fingerprint density at radius 1 is 0.931 bits per heavy atom. The van der Waals surface area contributed by atoms with E-state index in [1.165, 1.54) is 14.2 Å². The molecule has 0 aliphatic rings. The molecule has 0 aliphatic carbocycles. The third-order valence-corrected chi connectivity index (χ3v) is 4.80.